The van der Waals surface area contributed by atoms with Crippen molar-refractivity contribution in [2.24, 2.45) is 5.41 Å². The summed E-state index contributed by atoms with van der Waals surface area (Å²) in [7, 11) is 0. The van der Waals surface area contributed by atoms with Gasteiger partial charge in [0.05, 0.1) is 12.7 Å². The lowest BCUT2D eigenvalue weighted by atomic mass is 9.80. The van der Waals surface area contributed by atoms with Crippen molar-refractivity contribution in [2.45, 2.75) is 26.9 Å². The lowest BCUT2D eigenvalue weighted by Gasteiger charge is -2.30. The molecule has 0 rings (SSSR count). The molecule has 0 fully saturated rings. The van der Waals surface area contributed by atoms with Gasteiger partial charge in [-0.2, -0.15) is 0 Å². The fourth-order valence-corrected chi connectivity index (χ4v) is 0.624. The van der Waals surface area contributed by atoms with Crippen LogP contribution in [0.1, 0.15) is 20.8 Å². The second-order valence-corrected chi connectivity index (χ2v) is 3.03. The molecule has 0 heterocycles. The Hall–Kier alpha value is -0.340. The van der Waals surface area contributed by atoms with Crippen LogP contribution in [0, 0.1) is 5.41 Å². The van der Waals surface area contributed by atoms with Crippen LogP contribution in [0.25, 0.3) is 0 Å². The van der Waals surface area contributed by atoms with Crippen LogP contribution in [0.2, 0.25) is 0 Å². The highest BCUT2D eigenvalue weighted by Gasteiger charge is 2.29. The lowest BCUT2D eigenvalue weighted by molar-refractivity contribution is 0.0331. The molecule has 0 aliphatic carbocycles. The molecule has 2 nitrogen and oxygen atoms in total. The van der Waals surface area contributed by atoms with Gasteiger partial charge in [0, 0.05) is 5.41 Å². The minimum atomic E-state index is -0.546. The van der Waals surface area contributed by atoms with Crippen LogP contribution in [-0.4, -0.2) is 22.9 Å². The van der Waals surface area contributed by atoms with E-state index in [-0.39, 0.29) is 6.61 Å². The van der Waals surface area contributed by atoms with E-state index in [2.05, 4.69) is 6.58 Å². The molecule has 0 spiro atoms. The zero-order chi connectivity index (χ0) is 8.36. The summed E-state index contributed by atoms with van der Waals surface area (Å²) in [6.07, 6.45) is -0.546. The van der Waals surface area contributed by atoms with Crippen molar-refractivity contribution in [3.63, 3.8) is 0 Å². The Bertz CT molecular complexity index is 129. The number of hydrogen-bond acceptors (Lipinski definition) is 2. The summed E-state index contributed by atoms with van der Waals surface area (Å²) in [5.74, 6) is 0. The highest BCUT2D eigenvalue weighted by molar-refractivity contribution is 5.07. The Balaban J connectivity index is 4.38. The second-order valence-electron chi connectivity index (χ2n) is 3.03. The van der Waals surface area contributed by atoms with Gasteiger partial charge in [0.25, 0.3) is 0 Å². The van der Waals surface area contributed by atoms with Gasteiger partial charge in [-0.1, -0.05) is 19.1 Å². The Morgan fingerprint density at radius 3 is 2.10 bits per heavy atom. The summed E-state index contributed by atoms with van der Waals surface area (Å²) in [5, 5.41) is 18.1. The predicted octanol–water partition coefficient (Wildman–Crippen LogP) is 0.942. The molecule has 0 aromatic rings. The van der Waals surface area contributed by atoms with Gasteiger partial charge < -0.3 is 10.2 Å². The molecule has 2 heteroatoms. The van der Waals surface area contributed by atoms with E-state index in [1.54, 1.807) is 13.8 Å². The van der Waals surface area contributed by atoms with Gasteiger partial charge in [-0.25, -0.2) is 0 Å². The first kappa shape index (κ1) is 9.66. The molecule has 0 amide bonds. The van der Waals surface area contributed by atoms with Gasteiger partial charge >= 0.3 is 0 Å². The van der Waals surface area contributed by atoms with E-state index >= 15 is 0 Å². The van der Waals surface area contributed by atoms with E-state index in [0.29, 0.717) is 0 Å². The molecular formula is C8H16O2. The molecule has 0 aliphatic rings. The molecule has 0 aromatic carbocycles. The van der Waals surface area contributed by atoms with E-state index in [4.69, 9.17) is 5.11 Å². The topological polar surface area (TPSA) is 40.5 Å². The van der Waals surface area contributed by atoms with Crippen LogP contribution in [0.4, 0.5) is 0 Å². The third-order valence-corrected chi connectivity index (χ3v) is 2.23. The van der Waals surface area contributed by atoms with Crippen LogP contribution < -0.4 is 0 Å². The van der Waals surface area contributed by atoms with Crippen LogP contribution >= 0.6 is 0 Å². The van der Waals surface area contributed by atoms with Crippen LogP contribution in [0.3, 0.4) is 0 Å². The summed E-state index contributed by atoms with van der Waals surface area (Å²) in [4.78, 5) is 0. The highest BCUT2D eigenvalue weighted by atomic mass is 16.3. The molecule has 0 unspecified atom stereocenters. The molecule has 0 bridgehead atoms. The summed E-state index contributed by atoms with van der Waals surface area (Å²) >= 11 is 0. The van der Waals surface area contributed by atoms with Crippen LogP contribution in [-0.2, 0) is 0 Å². The van der Waals surface area contributed by atoms with E-state index in [1.165, 1.54) is 0 Å². The molecule has 2 N–H and O–H groups in total. The molecular weight excluding hydrogens is 128 g/mol. The molecule has 0 aromatic heterocycles. The molecule has 60 valence electrons. The smallest absolute Gasteiger partial charge is 0.0624 e. The quantitative estimate of drug-likeness (QED) is 0.579. The van der Waals surface area contributed by atoms with Crippen molar-refractivity contribution in [2.75, 3.05) is 6.61 Å². The van der Waals surface area contributed by atoms with Crippen LogP contribution in [0.5, 0.6) is 0 Å². The molecule has 0 aliphatic heterocycles. The summed E-state index contributed by atoms with van der Waals surface area (Å²) in [5.41, 5.74) is 0.269. The summed E-state index contributed by atoms with van der Waals surface area (Å²) in [6.45, 7) is 8.90. The minimum Gasteiger partial charge on any atom is -0.395 e. The van der Waals surface area contributed by atoms with E-state index in [9.17, 15) is 5.11 Å². The van der Waals surface area contributed by atoms with Gasteiger partial charge in [-0.15, -0.1) is 0 Å². The number of aliphatic hydroxyl groups excluding tert-OH is 2. The molecule has 2 atom stereocenters. The average Bonchev–Trinajstić information content (AvgIpc) is 1.85. The molecule has 0 radical (unpaired) electrons. The first-order valence-electron chi connectivity index (χ1n) is 3.40. The average molecular weight is 144 g/mol. The molecule has 0 saturated carbocycles. The van der Waals surface area contributed by atoms with Gasteiger partial charge in [0.15, 0.2) is 0 Å². The van der Waals surface area contributed by atoms with E-state index in [1.807, 2.05) is 6.92 Å². The van der Waals surface area contributed by atoms with Crippen molar-refractivity contribution >= 4 is 0 Å². The monoisotopic (exact) mass is 144 g/mol. The van der Waals surface area contributed by atoms with Crippen molar-refractivity contribution in [1.82, 2.24) is 0 Å². The van der Waals surface area contributed by atoms with Gasteiger partial charge in [-0.3, -0.25) is 0 Å². The molecule has 0 saturated heterocycles. The maximum absolute atomic E-state index is 9.22. The summed E-state index contributed by atoms with van der Waals surface area (Å²) in [6, 6.07) is 0. The van der Waals surface area contributed by atoms with Gasteiger partial charge in [-0.05, 0) is 13.8 Å². The van der Waals surface area contributed by atoms with E-state index in [0.717, 1.165) is 5.57 Å². The predicted molar refractivity (Wildman–Crippen MR) is 41.7 cm³/mol. The largest absolute Gasteiger partial charge is 0.395 e. The van der Waals surface area contributed by atoms with Crippen LogP contribution in [0.15, 0.2) is 12.2 Å². The maximum Gasteiger partial charge on any atom is 0.0624 e. The Labute approximate surface area is 62.2 Å². The Morgan fingerprint density at radius 2 is 2.10 bits per heavy atom. The van der Waals surface area contributed by atoms with Crippen molar-refractivity contribution < 1.29 is 10.2 Å². The number of rotatable bonds is 3. The zero-order valence-corrected chi connectivity index (χ0v) is 6.89. The lowest BCUT2D eigenvalue weighted by Crippen LogP contribution is -2.34. The van der Waals surface area contributed by atoms with Crippen molar-refractivity contribution in [3.05, 3.63) is 12.2 Å². The fourth-order valence-electron chi connectivity index (χ4n) is 0.624. The molecule has 10 heavy (non-hydrogen) atoms. The minimum absolute atomic E-state index is 0.0556. The zero-order valence-electron chi connectivity index (χ0n) is 6.89. The Kier molecular flexibility index (Phi) is 3.06. The van der Waals surface area contributed by atoms with Gasteiger partial charge in [0.1, 0.15) is 0 Å². The van der Waals surface area contributed by atoms with Gasteiger partial charge in [0.2, 0.25) is 0 Å². The second kappa shape index (κ2) is 3.17. The first-order valence-corrected chi connectivity index (χ1v) is 3.40. The highest BCUT2D eigenvalue weighted by Crippen LogP contribution is 2.28. The van der Waals surface area contributed by atoms with Crippen molar-refractivity contribution in [1.29, 1.82) is 0 Å². The SMILES string of the molecule is C=C(C)[C@@](C)(CO)[C@H](C)O. The first-order chi connectivity index (χ1) is 4.45. The van der Waals surface area contributed by atoms with Crippen molar-refractivity contribution in [3.8, 4) is 0 Å². The number of aliphatic hydroxyl groups is 2. The third-order valence-electron chi connectivity index (χ3n) is 2.23. The maximum atomic E-state index is 9.22. The van der Waals surface area contributed by atoms with E-state index < -0.39 is 11.5 Å². The Morgan fingerprint density at radius 1 is 1.70 bits per heavy atom. The fraction of sp³-hybridized carbons (Fsp3) is 0.750. The normalized spacial score (nSPS) is 19.7. The number of hydrogen-bond donors (Lipinski definition) is 2. The summed E-state index contributed by atoms with van der Waals surface area (Å²) < 4.78 is 0. The standard InChI is InChI=1S/C8H16O2/c1-6(2)8(4,5-9)7(3)10/h7,9-10H,1,5H2,2-4H3/t7-,8+/m0/s1. The third kappa shape index (κ3) is 1.58.